The zero-order valence-corrected chi connectivity index (χ0v) is 15.2. The standard InChI is InChI=1S/C19H24N4O2/c1-13-7-5-6-8-17(13)19-20-18(14(2)25-19)11-23(3)10-15-9-16(12-24-4)22-21-15/h5-9H,10-12H2,1-4H3,(H,21,22). The second-order valence-electron chi connectivity index (χ2n) is 6.33. The average molecular weight is 340 g/mol. The number of hydrogen-bond acceptors (Lipinski definition) is 5. The number of rotatable bonds is 7. The number of H-pyrrole nitrogens is 1. The van der Waals surface area contributed by atoms with Crippen LogP contribution in [0.1, 0.15) is 28.4 Å². The summed E-state index contributed by atoms with van der Waals surface area (Å²) in [4.78, 5) is 6.87. The summed E-state index contributed by atoms with van der Waals surface area (Å²) >= 11 is 0. The minimum atomic E-state index is 0.541. The van der Waals surface area contributed by atoms with Gasteiger partial charge < -0.3 is 9.15 Å². The molecule has 3 rings (SSSR count). The number of aromatic amines is 1. The number of ether oxygens (including phenoxy) is 1. The van der Waals surface area contributed by atoms with Crippen LogP contribution in [0, 0.1) is 13.8 Å². The van der Waals surface area contributed by atoms with Crippen molar-refractivity contribution in [3.8, 4) is 11.5 Å². The van der Waals surface area contributed by atoms with Crippen LogP contribution in [0.2, 0.25) is 0 Å². The van der Waals surface area contributed by atoms with Gasteiger partial charge in [0.05, 0.1) is 23.7 Å². The molecule has 0 radical (unpaired) electrons. The fourth-order valence-electron chi connectivity index (χ4n) is 2.81. The predicted octanol–water partition coefficient (Wildman–Crippen LogP) is 3.46. The molecule has 0 atom stereocenters. The van der Waals surface area contributed by atoms with Gasteiger partial charge in [0.1, 0.15) is 5.76 Å². The maximum absolute atomic E-state index is 5.89. The number of aryl methyl sites for hydroxylation is 2. The smallest absolute Gasteiger partial charge is 0.226 e. The van der Waals surface area contributed by atoms with Crippen molar-refractivity contribution in [3.63, 3.8) is 0 Å². The summed E-state index contributed by atoms with van der Waals surface area (Å²) in [7, 11) is 3.72. The van der Waals surface area contributed by atoms with Gasteiger partial charge >= 0.3 is 0 Å². The fourth-order valence-corrected chi connectivity index (χ4v) is 2.81. The van der Waals surface area contributed by atoms with Crippen molar-refractivity contribution in [1.82, 2.24) is 20.1 Å². The maximum atomic E-state index is 5.89. The van der Waals surface area contributed by atoms with Crippen molar-refractivity contribution >= 4 is 0 Å². The van der Waals surface area contributed by atoms with Crippen LogP contribution in [0.25, 0.3) is 11.5 Å². The molecule has 0 saturated carbocycles. The summed E-state index contributed by atoms with van der Waals surface area (Å²) in [5, 5.41) is 7.30. The topological polar surface area (TPSA) is 67.2 Å². The van der Waals surface area contributed by atoms with Gasteiger partial charge in [-0.15, -0.1) is 0 Å². The van der Waals surface area contributed by atoms with Crippen molar-refractivity contribution in [2.45, 2.75) is 33.5 Å². The van der Waals surface area contributed by atoms with E-state index < -0.39 is 0 Å². The number of aromatic nitrogens is 3. The highest BCUT2D eigenvalue weighted by Gasteiger charge is 2.15. The molecular formula is C19H24N4O2. The van der Waals surface area contributed by atoms with Gasteiger partial charge in [-0.25, -0.2) is 4.98 Å². The molecule has 132 valence electrons. The fraction of sp³-hybridized carbons (Fsp3) is 0.368. The number of nitrogens with one attached hydrogen (secondary N) is 1. The summed E-state index contributed by atoms with van der Waals surface area (Å²) in [6.45, 7) is 6.00. The predicted molar refractivity (Wildman–Crippen MR) is 95.9 cm³/mol. The molecule has 6 heteroatoms. The first-order valence-corrected chi connectivity index (χ1v) is 8.29. The Morgan fingerprint density at radius 1 is 1.20 bits per heavy atom. The van der Waals surface area contributed by atoms with Crippen LogP contribution in [0.4, 0.5) is 0 Å². The quantitative estimate of drug-likeness (QED) is 0.713. The summed E-state index contributed by atoms with van der Waals surface area (Å²) < 4.78 is 11.0. The molecule has 0 spiro atoms. The second-order valence-corrected chi connectivity index (χ2v) is 6.33. The largest absolute Gasteiger partial charge is 0.441 e. The molecule has 0 unspecified atom stereocenters. The van der Waals surface area contributed by atoms with Gasteiger partial charge in [0.2, 0.25) is 5.89 Å². The number of oxazole rings is 1. The Balaban J connectivity index is 1.69. The van der Waals surface area contributed by atoms with Gasteiger partial charge in [-0.3, -0.25) is 10.00 Å². The van der Waals surface area contributed by atoms with Crippen LogP contribution in [-0.2, 0) is 24.4 Å². The van der Waals surface area contributed by atoms with Crippen molar-refractivity contribution in [2.75, 3.05) is 14.2 Å². The molecule has 2 heterocycles. The molecule has 25 heavy (non-hydrogen) atoms. The monoisotopic (exact) mass is 340 g/mol. The third-order valence-electron chi connectivity index (χ3n) is 4.10. The Bertz CT molecular complexity index is 838. The van der Waals surface area contributed by atoms with E-state index in [2.05, 4.69) is 28.1 Å². The normalized spacial score (nSPS) is 11.4. The third-order valence-corrected chi connectivity index (χ3v) is 4.10. The van der Waals surface area contributed by atoms with E-state index in [1.807, 2.05) is 38.2 Å². The Hall–Kier alpha value is -2.44. The molecule has 1 aromatic carbocycles. The molecular weight excluding hydrogens is 316 g/mol. The first-order chi connectivity index (χ1) is 12.1. The van der Waals surface area contributed by atoms with Crippen molar-refractivity contribution < 1.29 is 9.15 Å². The van der Waals surface area contributed by atoms with E-state index in [4.69, 9.17) is 14.1 Å². The summed E-state index contributed by atoms with van der Waals surface area (Å²) in [6, 6.07) is 10.1. The molecule has 0 amide bonds. The van der Waals surface area contributed by atoms with E-state index in [-0.39, 0.29) is 0 Å². The Morgan fingerprint density at radius 3 is 2.76 bits per heavy atom. The minimum absolute atomic E-state index is 0.541. The molecule has 3 aromatic rings. The highest BCUT2D eigenvalue weighted by molar-refractivity contribution is 5.58. The van der Waals surface area contributed by atoms with Crippen molar-refractivity contribution in [1.29, 1.82) is 0 Å². The zero-order valence-electron chi connectivity index (χ0n) is 15.2. The van der Waals surface area contributed by atoms with Gasteiger partial charge in [-0.2, -0.15) is 5.10 Å². The van der Waals surface area contributed by atoms with Gasteiger partial charge in [-0.05, 0) is 38.6 Å². The second kappa shape index (κ2) is 7.63. The van der Waals surface area contributed by atoms with E-state index in [1.54, 1.807) is 7.11 Å². The van der Waals surface area contributed by atoms with Gasteiger partial charge in [0.15, 0.2) is 0 Å². The van der Waals surface area contributed by atoms with E-state index >= 15 is 0 Å². The van der Waals surface area contributed by atoms with Crippen LogP contribution >= 0.6 is 0 Å². The summed E-state index contributed by atoms with van der Waals surface area (Å²) in [5.74, 6) is 1.54. The SMILES string of the molecule is COCc1cc(CN(C)Cc2nc(-c3ccccc3C)oc2C)n[nH]1. The lowest BCUT2D eigenvalue weighted by Gasteiger charge is -2.13. The number of methoxy groups -OCH3 is 1. The van der Waals surface area contributed by atoms with Crippen LogP contribution in [0.15, 0.2) is 34.7 Å². The van der Waals surface area contributed by atoms with E-state index in [9.17, 15) is 0 Å². The zero-order chi connectivity index (χ0) is 17.8. The third kappa shape index (κ3) is 4.15. The molecule has 0 aliphatic rings. The van der Waals surface area contributed by atoms with Crippen LogP contribution in [-0.4, -0.2) is 34.2 Å². The highest BCUT2D eigenvalue weighted by Crippen LogP contribution is 2.25. The summed E-state index contributed by atoms with van der Waals surface area (Å²) in [5.41, 5.74) is 5.11. The number of nitrogens with zero attached hydrogens (tertiary/aromatic N) is 3. The molecule has 0 aliphatic carbocycles. The lowest BCUT2D eigenvalue weighted by Crippen LogP contribution is -2.18. The van der Waals surface area contributed by atoms with Gasteiger partial charge in [0, 0.05) is 25.8 Å². The van der Waals surface area contributed by atoms with Crippen LogP contribution < -0.4 is 0 Å². The van der Waals surface area contributed by atoms with E-state index in [0.717, 1.165) is 40.5 Å². The minimum Gasteiger partial charge on any atom is -0.441 e. The van der Waals surface area contributed by atoms with Crippen LogP contribution in [0.3, 0.4) is 0 Å². The molecule has 2 aromatic heterocycles. The first-order valence-electron chi connectivity index (χ1n) is 8.29. The molecule has 0 saturated heterocycles. The maximum Gasteiger partial charge on any atom is 0.226 e. The van der Waals surface area contributed by atoms with Crippen molar-refractivity contribution in [3.05, 3.63) is 58.7 Å². The molecule has 0 aliphatic heterocycles. The number of benzene rings is 1. The lowest BCUT2D eigenvalue weighted by molar-refractivity contribution is 0.181. The van der Waals surface area contributed by atoms with E-state index in [0.29, 0.717) is 19.0 Å². The summed E-state index contributed by atoms with van der Waals surface area (Å²) in [6.07, 6.45) is 0. The average Bonchev–Trinajstić information content (AvgIpc) is 3.15. The van der Waals surface area contributed by atoms with Crippen molar-refractivity contribution in [2.24, 2.45) is 0 Å². The van der Waals surface area contributed by atoms with Crippen LogP contribution in [0.5, 0.6) is 0 Å². The highest BCUT2D eigenvalue weighted by atomic mass is 16.5. The Labute approximate surface area is 147 Å². The molecule has 0 fully saturated rings. The lowest BCUT2D eigenvalue weighted by atomic mass is 10.1. The Kier molecular flexibility index (Phi) is 5.31. The molecule has 0 bridgehead atoms. The molecule has 1 N–H and O–H groups in total. The Morgan fingerprint density at radius 2 is 2.00 bits per heavy atom. The van der Waals surface area contributed by atoms with Gasteiger partial charge in [0.25, 0.3) is 0 Å². The van der Waals surface area contributed by atoms with Gasteiger partial charge in [-0.1, -0.05) is 18.2 Å². The molecule has 6 nitrogen and oxygen atoms in total. The van der Waals surface area contributed by atoms with E-state index in [1.165, 1.54) is 0 Å². The number of hydrogen-bond donors (Lipinski definition) is 1. The first kappa shape index (κ1) is 17.4.